The SMILES string of the molecule is Cc1ncoc1-c1ccc(CNC(=O)[C@@H]2CCCN2C(=O)[C@@H](NC(=O)COCCCCOc2ccc(-c3ccc(N4C(=S)N(c5ccc(C#N)c(Cl)c5)C(=O)C4(C)C)cc3)cc2)C(C)(C)C)cc1. The molecule has 3 heterocycles. The number of rotatable bonds is 17. The summed E-state index contributed by atoms with van der Waals surface area (Å²) >= 11 is 12.1. The van der Waals surface area contributed by atoms with Crippen LogP contribution in [0.3, 0.4) is 0 Å². The van der Waals surface area contributed by atoms with Crippen molar-refractivity contribution in [1.82, 2.24) is 20.5 Å². The molecule has 0 radical (unpaired) electrons. The highest BCUT2D eigenvalue weighted by Crippen LogP contribution is 2.38. The zero-order chi connectivity index (χ0) is 48.8. The van der Waals surface area contributed by atoms with E-state index >= 15 is 0 Å². The molecule has 14 nitrogen and oxygen atoms in total. The molecule has 0 saturated carbocycles. The summed E-state index contributed by atoms with van der Waals surface area (Å²) in [4.78, 5) is 63.0. The Bertz CT molecular complexity index is 2690. The lowest BCUT2D eigenvalue weighted by Gasteiger charge is -2.35. The van der Waals surface area contributed by atoms with Crippen LogP contribution in [-0.2, 0) is 30.5 Å². The van der Waals surface area contributed by atoms with Crippen molar-refractivity contribution in [3.8, 4) is 34.3 Å². The Morgan fingerprint density at radius 3 is 2.24 bits per heavy atom. The summed E-state index contributed by atoms with van der Waals surface area (Å²) in [5.41, 5.74) is 4.57. The number of nitrogens with zero attached hydrogens (tertiary/aromatic N) is 5. The monoisotopic (exact) mass is 957 g/mol. The second-order valence-electron chi connectivity index (χ2n) is 18.5. The third-order valence-electron chi connectivity index (χ3n) is 12.2. The third-order valence-corrected chi connectivity index (χ3v) is 12.9. The number of anilines is 2. The molecule has 68 heavy (non-hydrogen) atoms. The smallest absolute Gasteiger partial charge is 0.259 e. The topological polar surface area (TPSA) is 170 Å². The van der Waals surface area contributed by atoms with Crippen LogP contribution in [0.1, 0.15) is 77.1 Å². The second-order valence-corrected chi connectivity index (χ2v) is 19.3. The van der Waals surface area contributed by atoms with Crippen LogP contribution in [0.4, 0.5) is 11.4 Å². The highest BCUT2D eigenvalue weighted by Gasteiger charge is 2.50. The van der Waals surface area contributed by atoms with E-state index in [1.54, 1.807) is 23.1 Å². The van der Waals surface area contributed by atoms with Gasteiger partial charge in [-0.3, -0.25) is 24.1 Å². The molecule has 0 spiro atoms. The minimum Gasteiger partial charge on any atom is -0.494 e. The Balaban J connectivity index is 0.823. The van der Waals surface area contributed by atoms with Crippen LogP contribution in [0.5, 0.6) is 5.75 Å². The lowest BCUT2D eigenvalue weighted by molar-refractivity contribution is -0.144. The quantitative estimate of drug-likeness (QED) is 0.0675. The summed E-state index contributed by atoms with van der Waals surface area (Å²) < 4.78 is 17.1. The predicted molar refractivity (Wildman–Crippen MR) is 265 cm³/mol. The molecule has 7 rings (SSSR count). The molecule has 2 saturated heterocycles. The number of amides is 4. The minimum atomic E-state index is -0.964. The maximum absolute atomic E-state index is 14.0. The second kappa shape index (κ2) is 21.1. The number of carbonyl (C=O) groups excluding carboxylic acids is 4. The summed E-state index contributed by atoms with van der Waals surface area (Å²) in [6.45, 7) is 12.5. The van der Waals surface area contributed by atoms with E-state index in [4.69, 9.17) is 37.7 Å². The number of aromatic nitrogens is 1. The number of likely N-dealkylation sites (tertiary alicyclic amines) is 1. The minimum absolute atomic E-state index is 0.200. The lowest BCUT2D eigenvalue weighted by Crippen LogP contribution is -2.58. The fourth-order valence-corrected chi connectivity index (χ4v) is 9.12. The maximum Gasteiger partial charge on any atom is 0.259 e. The van der Waals surface area contributed by atoms with E-state index < -0.39 is 28.9 Å². The van der Waals surface area contributed by atoms with Crippen LogP contribution in [0.2, 0.25) is 5.02 Å². The van der Waals surface area contributed by atoms with Crippen LogP contribution < -0.4 is 25.2 Å². The standard InChI is InChI=1S/C52H56ClN7O7S/c1-33-45(67-32-56-33)37-13-11-34(12-14-37)30-55-47(62)43-10-9-25-58(43)48(63)46(51(2,3)4)57-44(61)31-65-26-7-8-27-66-41-23-18-36(19-24-41)35-15-20-39(21-16-35)60-50(68)59(49(64)52(60,5)6)40-22-17-38(29-54)42(53)28-40/h11-24,28,32,43,46H,7-10,25-27,30-31H2,1-6H3,(H,55,62)(H,57,61)/t43-,46+/m0/s1. The van der Waals surface area contributed by atoms with Gasteiger partial charge in [-0.25, -0.2) is 4.98 Å². The van der Waals surface area contributed by atoms with Gasteiger partial charge < -0.3 is 34.3 Å². The number of nitrogens with one attached hydrogen (secondary N) is 2. The van der Waals surface area contributed by atoms with E-state index in [1.165, 1.54) is 11.3 Å². The number of carbonyl (C=O) groups is 4. The van der Waals surface area contributed by atoms with Crippen LogP contribution >= 0.6 is 23.8 Å². The van der Waals surface area contributed by atoms with E-state index in [0.29, 0.717) is 74.1 Å². The molecule has 354 valence electrons. The molecule has 0 aliphatic carbocycles. The van der Waals surface area contributed by atoms with Crippen molar-refractivity contribution in [3.05, 3.63) is 119 Å². The Morgan fingerprint density at radius 1 is 0.956 bits per heavy atom. The lowest BCUT2D eigenvalue weighted by atomic mass is 9.85. The van der Waals surface area contributed by atoms with Crippen molar-refractivity contribution in [2.45, 2.75) is 91.4 Å². The fourth-order valence-electron chi connectivity index (χ4n) is 8.38. The number of benzene rings is 4. The normalized spacial score (nSPS) is 16.1. The number of ether oxygens (including phenoxy) is 2. The molecule has 2 aliphatic rings. The highest BCUT2D eigenvalue weighted by molar-refractivity contribution is 7.81. The van der Waals surface area contributed by atoms with Crippen molar-refractivity contribution in [1.29, 1.82) is 5.26 Å². The Labute approximate surface area is 407 Å². The zero-order valence-corrected chi connectivity index (χ0v) is 40.7. The van der Waals surface area contributed by atoms with E-state index in [-0.39, 0.29) is 29.4 Å². The number of hydrogen-bond donors (Lipinski definition) is 2. The molecule has 4 aromatic carbocycles. The molecule has 5 aromatic rings. The van der Waals surface area contributed by atoms with Gasteiger partial charge >= 0.3 is 0 Å². The molecule has 0 bridgehead atoms. The first kappa shape index (κ1) is 49.3. The molecule has 0 unspecified atom stereocenters. The summed E-state index contributed by atoms with van der Waals surface area (Å²) in [6.07, 6.45) is 4.01. The first-order chi connectivity index (χ1) is 32.5. The Hall–Kier alpha value is -6.60. The fraction of sp³-hybridized carbons (Fsp3) is 0.365. The highest BCUT2D eigenvalue weighted by atomic mass is 35.5. The Morgan fingerprint density at radius 2 is 1.60 bits per heavy atom. The van der Waals surface area contributed by atoms with Crippen molar-refractivity contribution in [2.24, 2.45) is 5.41 Å². The van der Waals surface area contributed by atoms with Gasteiger partial charge in [0.1, 0.15) is 36.0 Å². The molecule has 2 fully saturated rings. The summed E-state index contributed by atoms with van der Waals surface area (Å²) in [6, 6.07) is 28.7. The van der Waals surface area contributed by atoms with Gasteiger partial charge in [-0.05, 0) is 123 Å². The average Bonchev–Trinajstić information content (AvgIpc) is 4.03. The van der Waals surface area contributed by atoms with Gasteiger partial charge in [-0.2, -0.15) is 5.26 Å². The molecule has 1 aromatic heterocycles. The number of hydrogen-bond acceptors (Lipinski definition) is 10. The molecular weight excluding hydrogens is 902 g/mol. The first-order valence-corrected chi connectivity index (χ1v) is 23.4. The first-order valence-electron chi connectivity index (χ1n) is 22.6. The van der Waals surface area contributed by atoms with E-state index in [2.05, 4.69) is 15.6 Å². The van der Waals surface area contributed by atoms with E-state index in [0.717, 1.165) is 39.4 Å². The van der Waals surface area contributed by atoms with Crippen molar-refractivity contribution < 1.29 is 33.1 Å². The molecule has 2 N–H and O–H groups in total. The number of nitriles is 1. The van der Waals surface area contributed by atoms with Crippen LogP contribution in [0.15, 0.2) is 102 Å². The van der Waals surface area contributed by atoms with Crippen molar-refractivity contribution in [2.75, 3.05) is 36.2 Å². The van der Waals surface area contributed by atoms with Gasteiger partial charge in [0, 0.05) is 30.9 Å². The summed E-state index contributed by atoms with van der Waals surface area (Å²) in [7, 11) is 0. The molecule has 2 atom stereocenters. The largest absolute Gasteiger partial charge is 0.494 e. The van der Waals surface area contributed by atoms with Crippen molar-refractivity contribution >= 4 is 63.9 Å². The number of halogens is 1. The van der Waals surface area contributed by atoms with Crippen LogP contribution in [0, 0.1) is 23.7 Å². The third kappa shape index (κ3) is 11.1. The van der Waals surface area contributed by atoms with Gasteiger partial charge in [-0.1, -0.05) is 80.9 Å². The van der Waals surface area contributed by atoms with E-state index in [9.17, 15) is 24.4 Å². The zero-order valence-electron chi connectivity index (χ0n) is 39.1. The van der Waals surface area contributed by atoms with Crippen molar-refractivity contribution in [3.63, 3.8) is 0 Å². The molecule has 16 heteroatoms. The van der Waals surface area contributed by atoms with E-state index in [1.807, 2.05) is 125 Å². The summed E-state index contributed by atoms with van der Waals surface area (Å²) in [5.74, 6) is 0.305. The van der Waals surface area contributed by atoms with Gasteiger partial charge in [-0.15, -0.1) is 0 Å². The molecule has 4 amide bonds. The summed E-state index contributed by atoms with van der Waals surface area (Å²) in [5, 5.41) is 15.7. The van der Waals surface area contributed by atoms with Crippen LogP contribution in [0.25, 0.3) is 22.5 Å². The average molecular weight is 959 g/mol. The van der Waals surface area contributed by atoms with Gasteiger partial charge in [0.2, 0.25) is 17.7 Å². The van der Waals surface area contributed by atoms with Gasteiger partial charge in [0.25, 0.3) is 5.91 Å². The molecule has 2 aliphatic heterocycles. The number of oxazole rings is 1. The Kier molecular flexibility index (Phi) is 15.3. The maximum atomic E-state index is 14.0. The number of thiocarbonyl (C=S) groups is 1. The number of aryl methyl sites for hydroxylation is 1. The number of unbranched alkanes of at least 4 members (excludes halogenated alkanes) is 1. The molecular formula is C52H56ClN7O7S. The van der Waals surface area contributed by atoms with Crippen LogP contribution in [-0.4, -0.2) is 82.6 Å². The predicted octanol–water partition coefficient (Wildman–Crippen LogP) is 8.77. The van der Waals surface area contributed by atoms with Gasteiger partial charge in [0.05, 0.1) is 28.6 Å². The van der Waals surface area contributed by atoms with Gasteiger partial charge in [0.15, 0.2) is 17.3 Å².